The molecule has 0 radical (unpaired) electrons. The molecule has 0 bridgehead atoms. The Hall–Kier alpha value is -3.31. The van der Waals surface area contributed by atoms with E-state index in [9.17, 15) is 14.3 Å². The van der Waals surface area contributed by atoms with Crippen LogP contribution in [0.5, 0.6) is 0 Å². The van der Waals surface area contributed by atoms with Crippen LogP contribution in [0.15, 0.2) is 77.9 Å². The molecule has 4 nitrogen and oxygen atoms in total. The Morgan fingerprint density at radius 2 is 1.50 bits per heavy atom. The normalized spacial score (nSPS) is 11.6. The topological polar surface area (TPSA) is 61.7 Å². The standard InChI is InChI=1S/C23H21FN2O2/c1-16-6-10-19(11-7-16)23(28,20-12-8-17(2)9-13-20)22(27)26-25-15-18-4-3-5-21(24)14-18/h3-15,28H,1-2H3,(H,26,27)/b25-15+. The van der Waals surface area contributed by atoms with Crippen molar-refractivity contribution in [2.24, 2.45) is 5.10 Å². The average Bonchev–Trinajstić information content (AvgIpc) is 2.68. The van der Waals surface area contributed by atoms with E-state index in [0.717, 1.165) is 11.1 Å². The number of hydrogen-bond acceptors (Lipinski definition) is 3. The van der Waals surface area contributed by atoms with Gasteiger partial charge in [0.15, 0.2) is 5.60 Å². The first kappa shape index (κ1) is 19.5. The fourth-order valence-electron chi connectivity index (χ4n) is 2.85. The van der Waals surface area contributed by atoms with Crippen LogP contribution in [0.3, 0.4) is 0 Å². The monoisotopic (exact) mass is 376 g/mol. The van der Waals surface area contributed by atoms with Gasteiger partial charge >= 0.3 is 0 Å². The number of carbonyl (C=O) groups excluding carboxylic acids is 1. The van der Waals surface area contributed by atoms with Gasteiger partial charge < -0.3 is 5.11 Å². The molecule has 5 heteroatoms. The number of halogens is 1. The fourth-order valence-corrected chi connectivity index (χ4v) is 2.85. The highest BCUT2D eigenvalue weighted by molar-refractivity contribution is 5.91. The Balaban J connectivity index is 1.93. The van der Waals surface area contributed by atoms with Crippen molar-refractivity contribution in [2.75, 3.05) is 0 Å². The number of rotatable bonds is 5. The van der Waals surface area contributed by atoms with Crippen LogP contribution in [0.2, 0.25) is 0 Å². The van der Waals surface area contributed by atoms with E-state index in [1.807, 2.05) is 38.1 Å². The van der Waals surface area contributed by atoms with E-state index in [2.05, 4.69) is 10.5 Å². The Bertz CT molecular complexity index is 950. The van der Waals surface area contributed by atoms with Crippen LogP contribution < -0.4 is 5.43 Å². The summed E-state index contributed by atoms with van der Waals surface area (Å²) in [6.45, 7) is 3.86. The van der Waals surface area contributed by atoms with Crippen molar-refractivity contribution in [3.05, 3.63) is 106 Å². The summed E-state index contributed by atoms with van der Waals surface area (Å²) in [7, 11) is 0. The van der Waals surface area contributed by atoms with Gasteiger partial charge in [0.1, 0.15) is 5.82 Å². The SMILES string of the molecule is Cc1ccc(C(O)(C(=O)N/N=C/c2cccc(F)c2)c2ccc(C)cc2)cc1. The van der Waals surface area contributed by atoms with Gasteiger partial charge in [0.2, 0.25) is 0 Å². The predicted octanol–water partition coefficient (Wildman–Crippen LogP) is 3.83. The van der Waals surface area contributed by atoms with Crippen LogP contribution in [0.4, 0.5) is 4.39 Å². The summed E-state index contributed by atoms with van der Waals surface area (Å²) in [5, 5.41) is 15.3. The maximum absolute atomic E-state index is 13.3. The Morgan fingerprint density at radius 1 is 0.964 bits per heavy atom. The van der Waals surface area contributed by atoms with Crippen molar-refractivity contribution in [1.29, 1.82) is 0 Å². The summed E-state index contributed by atoms with van der Waals surface area (Å²) in [6, 6.07) is 20.0. The summed E-state index contributed by atoms with van der Waals surface area (Å²) in [4.78, 5) is 12.9. The third-order valence-electron chi connectivity index (χ3n) is 4.50. The van der Waals surface area contributed by atoms with E-state index in [1.54, 1.807) is 36.4 Å². The lowest BCUT2D eigenvalue weighted by atomic mass is 9.85. The molecule has 0 heterocycles. The summed E-state index contributed by atoms with van der Waals surface area (Å²) in [6.07, 6.45) is 1.33. The molecule has 0 aliphatic rings. The van der Waals surface area contributed by atoms with Crippen LogP contribution in [-0.2, 0) is 10.4 Å². The third kappa shape index (κ3) is 4.15. The van der Waals surface area contributed by atoms with E-state index in [4.69, 9.17) is 0 Å². The Kier molecular flexibility index (Phi) is 5.66. The first-order valence-electron chi connectivity index (χ1n) is 8.85. The van der Waals surface area contributed by atoms with Crippen LogP contribution >= 0.6 is 0 Å². The van der Waals surface area contributed by atoms with E-state index < -0.39 is 17.3 Å². The lowest BCUT2D eigenvalue weighted by Gasteiger charge is -2.27. The zero-order valence-corrected chi connectivity index (χ0v) is 15.7. The van der Waals surface area contributed by atoms with Crippen molar-refractivity contribution < 1.29 is 14.3 Å². The van der Waals surface area contributed by atoms with E-state index in [0.29, 0.717) is 16.7 Å². The van der Waals surface area contributed by atoms with Crippen molar-refractivity contribution >= 4 is 12.1 Å². The number of nitrogens with zero attached hydrogens (tertiary/aromatic N) is 1. The van der Waals surface area contributed by atoms with Gasteiger partial charge in [0, 0.05) is 0 Å². The number of aliphatic hydroxyl groups is 1. The summed E-state index contributed by atoms with van der Waals surface area (Å²) < 4.78 is 13.3. The molecule has 0 unspecified atom stereocenters. The molecule has 3 aromatic rings. The smallest absolute Gasteiger partial charge is 0.281 e. The van der Waals surface area contributed by atoms with Crippen molar-refractivity contribution in [3.63, 3.8) is 0 Å². The zero-order valence-electron chi connectivity index (χ0n) is 15.7. The highest BCUT2D eigenvalue weighted by Crippen LogP contribution is 2.30. The summed E-state index contributed by atoms with van der Waals surface area (Å²) in [5.74, 6) is -1.10. The number of hydrogen-bond donors (Lipinski definition) is 2. The van der Waals surface area contributed by atoms with Gasteiger partial charge in [0.25, 0.3) is 5.91 Å². The number of nitrogens with one attached hydrogen (secondary N) is 1. The molecule has 0 aliphatic heterocycles. The minimum atomic E-state index is -1.92. The molecule has 1 amide bonds. The summed E-state index contributed by atoms with van der Waals surface area (Å²) in [5.41, 5.74) is 3.84. The lowest BCUT2D eigenvalue weighted by Crippen LogP contribution is -2.43. The van der Waals surface area contributed by atoms with Crippen molar-refractivity contribution in [2.45, 2.75) is 19.4 Å². The van der Waals surface area contributed by atoms with Gasteiger partial charge in [0.05, 0.1) is 6.21 Å². The van der Waals surface area contributed by atoms with Crippen LogP contribution in [0.25, 0.3) is 0 Å². The first-order chi connectivity index (χ1) is 13.4. The van der Waals surface area contributed by atoms with Gasteiger partial charge in [-0.1, -0.05) is 71.8 Å². The van der Waals surface area contributed by atoms with E-state index in [1.165, 1.54) is 18.3 Å². The maximum Gasteiger partial charge on any atom is 0.281 e. The van der Waals surface area contributed by atoms with Crippen molar-refractivity contribution in [1.82, 2.24) is 5.43 Å². The molecule has 0 spiro atoms. The Morgan fingerprint density at radius 3 is 2.00 bits per heavy atom. The molecule has 3 rings (SSSR count). The molecule has 0 aromatic heterocycles. The number of aryl methyl sites for hydroxylation is 2. The lowest BCUT2D eigenvalue weighted by molar-refractivity contribution is -0.136. The van der Waals surface area contributed by atoms with Crippen LogP contribution in [0, 0.1) is 19.7 Å². The second-order valence-corrected chi connectivity index (χ2v) is 6.70. The van der Waals surface area contributed by atoms with E-state index >= 15 is 0 Å². The molecular weight excluding hydrogens is 355 g/mol. The van der Waals surface area contributed by atoms with Crippen LogP contribution in [-0.4, -0.2) is 17.2 Å². The number of carbonyl (C=O) groups is 1. The molecule has 3 aromatic carbocycles. The number of hydrazone groups is 1. The van der Waals surface area contributed by atoms with Gasteiger partial charge in [-0.2, -0.15) is 5.10 Å². The highest BCUT2D eigenvalue weighted by Gasteiger charge is 2.40. The quantitative estimate of drug-likeness (QED) is 0.525. The molecule has 0 saturated carbocycles. The second-order valence-electron chi connectivity index (χ2n) is 6.70. The molecule has 0 atom stereocenters. The fraction of sp³-hybridized carbons (Fsp3) is 0.130. The predicted molar refractivity (Wildman–Crippen MR) is 107 cm³/mol. The molecule has 142 valence electrons. The molecule has 0 fully saturated rings. The largest absolute Gasteiger partial charge is 0.372 e. The van der Waals surface area contributed by atoms with Gasteiger partial charge in [-0.25, -0.2) is 9.82 Å². The van der Waals surface area contributed by atoms with Gasteiger partial charge in [-0.15, -0.1) is 0 Å². The molecule has 28 heavy (non-hydrogen) atoms. The minimum absolute atomic E-state index is 0.397. The number of benzene rings is 3. The molecular formula is C23H21FN2O2. The van der Waals surface area contributed by atoms with E-state index in [-0.39, 0.29) is 0 Å². The first-order valence-corrected chi connectivity index (χ1v) is 8.85. The average molecular weight is 376 g/mol. The van der Waals surface area contributed by atoms with Crippen molar-refractivity contribution in [3.8, 4) is 0 Å². The zero-order chi connectivity index (χ0) is 20.1. The van der Waals surface area contributed by atoms with Crippen LogP contribution in [0.1, 0.15) is 27.8 Å². The second kappa shape index (κ2) is 8.15. The highest BCUT2D eigenvalue weighted by atomic mass is 19.1. The molecule has 0 saturated heterocycles. The molecule has 0 aliphatic carbocycles. The summed E-state index contributed by atoms with van der Waals surface area (Å²) >= 11 is 0. The maximum atomic E-state index is 13.3. The third-order valence-corrected chi connectivity index (χ3v) is 4.50. The molecule has 2 N–H and O–H groups in total. The minimum Gasteiger partial charge on any atom is -0.372 e. The van der Waals surface area contributed by atoms with Gasteiger partial charge in [-0.05, 0) is 42.7 Å². The van der Waals surface area contributed by atoms with Gasteiger partial charge in [-0.3, -0.25) is 4.79 Å². The number of amides is 1. The Labute approximate surface area is 163 Å².